The molecule has 0 saturated carbocycles. The molecule has 1 aliphatic rings. The molecule has 3 aromatic rings. The molecule has 0 bridgehead atoms. The van der Waals surface area contributed by atoms with Gasteiger partial charge in [-0.1, -0.05) is 58.9 Å². The molecular weight excluding hydrogens is 360 g/mol. The molecular formula is C23H25F2NO2. The summed E-state index contributed by atoms with van der Waals surface area (Å²) in [4.78, 5) is 3.32. The predicted octanol–water partition coefficient (Wildman–Crippen LogP) is 6.31. The highest BCUT2D eigenvalue weighted by Gasteiger charge is 2.46. The number of aromatic amines is 1. The van der Waals surface area contributed by atoms with Gasteiger partial charge in [0.05, 0.1) is 0 Å². The van der Waals surface area contributed by atoms with Crippen LogP contribution in [0.25, 0.3) is 10.9 Å². The second kappa shape index (κ2) is 5.97. The van der Waals surface area contributed by atoms with Gasteiger partial charge >= 0.3 is 6.29 Å². The van der Waals surface area contributed by atoms with Crippen LogP contribution in [-0.2, 0) is 17.3 Å². The lowest BCUT2D eigenvalue weighted by Crippen LogP contribution is -2.26. The van der Waals surface area contributed by atoms with E-state index in [1.165, 1.54) is 10.9 Å². The normalized spacial score (nSPS) is 16.0. The van der Waals surface area contributed by atoms with Crippen molar-refractivity contribution < 1.29 is 18.3 Å². The number of alkyl halides is 2. The molecule has 0 radical (unpaired) electrons. The molecule has 0 amide bonds. The largest absolute Gasteiger partial charge is 0.586 e. The Balaban J connectivity index is 1.76. The van der Waals surface area contributed by atoms with Crippen LogP contribution < -0.4 is 9.47 Å². The van der Waals surface area contributed by atoms with Crippen LogP contribution in [0.1, 0.15) is 51.3 Å². The fourth-order valence-electron chi connectivity index (χ4n) is 4.00. The third-order valence-electron chi connectivity index (χ3n) is 5.34. The Morgan fingerprint density at radius 2 is 1.68 bits per heavy atom. The number of hydrogen-bond acceptors (Lipinski definition) is 2. The van der Waals surface area contributed by atoms with Crippen molar-refractivity contribution in [2.24, 2.45) is 0 Å². The van der Waals surface area contributed by atoms with E-state index in [9.17, 15) is 8.78 Å². The molecule has 0 fully saturated rings. The third kappa shape index (κ3) is 3.23. The summed E-state index contributed by atoms with van der Waals surface area (Å²) in [5.74, 6) is 0.258. The van der Waals surface area contributed by atoms with Crippen molar-refractivity contribution in [3.63, 3.8) is 0 Å². The van der Waals surface area contributed by atoms with Gasteiger partial charge in [0.2, 0.25) is 0 Å². The Bertz CT molecular complexity index is 1040. The molecule has 0 aliphatic carbocycles. The first-order chi connectivity index (χ1) is 13.0. The lowest BCUT2D eigenvalue weighted by Gasteiger charge is -2.27. The molecule has 3 nitrogen and oxygen atoms in total. The summed E-state index contributed by atoms with van der Waals surface area (Å²) in [6.07, 6.45) is -0.899. The van der Waals surface area contributed by atoms with Gasteiger partial charge in [0, 0.05) is 22.7 Å². The summed E-state index contributed by atoms with van der Waals surface area (Å²) < 4.78 is 37.0. The van der Waals surface area contributed by atoms with E-state index in [2.05, 4.69) is 31.0 Å². The van der Waals surface area contributed by atoms with Gasteiger partial charge in [-0.05, 0) is 40.5 Å². The zero-order chi connectivity index (χ0) is 20.3. The van der Waals surface area contributed by atoms with E-state index >= 15 is 0 Å². The first-order valence-electron chi connectivity index (χ1n) is 9.46. The number of fused-ring (bicyclic) bond motifs is 2. The monoisotopic (exact) mass is 385 g/mol. The number of nitrogens with one attached hydrogen (secondary N) is 1. The third-order valence-corrected chi connectivity index (χ3v) is 5.34. The van der Waals surface area contributed by atoms with Gasteiger partial charge in [-0.3, -0.25) is 0 Å². The fourth-order valence-corrected chi connectivity index (χ4v) is 4.00. The van der Waals surface area contributed by atoms with Crippen LogP contribution in [0.15, 0.2) is 42.6 Å². The molecule has 5 heteroatoms. The van der Waals surface area contributed by atoms with E-state index in [0.29, 0.717) is 6.42 Å². The highest BCUT2D eigenvalue weighted by atomic mass is 19.3. The zero-order valence-corrected chi connectivity index (χ0v) is 16.8. The highest BCUT2D eigenvalue weighted by Crippen LogP contribution is 2.48. The van der Waals surface area contributed by atoms with Crippen LogP contribution in [-0.4, -0.2) is 11.3 Å². The quantitative estimate of drug-likeness (QED) is 0.573. The molecule has 1 N–H and O–H groups in total. The summed E-state index contributed by atoms with van der Waals surface area (Å²) in [5, 5.41) is 1.18. The average Bonchev–Trinajstić information content (AvgIpc) is 3.12. The van der Waals surface area contributed by atoms with Crippen LogP contribution in [0.2, 0.25) is 0 Å². The van der Waals surface area contributed by atoms with E-state index in [0.717, 1.165) is 16.6 Å². The van der Waals surface area contributed by atoms with E-state index in [-0.39, 0.29) is 22.3 Å². The van der Waals surface area contributed by atoms with Gasteiger partial charge in [0.15, 0.2) is 11.5 Å². The molecule has 0 unspecified atom stereocenters. The molecule has 0 saturated heterocycles. The Morgan fingerprint density at radius 1 is 0.964 bits per heavy atom. The number of rotatable bonds is 3. The molecule has 0 atom stereocenters. The van der Waals surface area contributed by atoms with Crippen LogP contribution >= 0.6 is 0 Å². The van der Waals surface area contributed by atoms with E-state index in [1.807, 2.05) is 45.2 Å². The van der Waals surface area contributed by atoms with E-state index < -0.39 is 6.29 Å². The summed E-state index contributed by atoms with van der Waals surface area (Å²) in [5.41, 5.74) is 3.40. The molecule has 1 aromatic heterocycles. The standard InChI is InChI=1S/C23H25F2NO2/c1-21(2,3)16-10-14(11-19-20(16)28-23(24,25)27-19)12-22(4,5)17-13-26-18-9-7-6-8-15(17)18/h6-11,13,26H,12H2,1-5H3. The summed E-state index contributed by atoms with van der Waals surface area (Å²) in [7, 11) is 0. The van der Waals surface area contributed by atoms with Gasteiger partial charge < -0.3 is 14.5 Å². The van der Waals surface area contributed by atoms with E-state index in [4.69, 9.17) is 9.47 Å². The van der Waals surface area contributed by atoms with Crippen LogP contribution in [0.3, 0.4) is 0 Å². The fraction of sp³-hybridized carbons (Fsp3) is 0.391. The second-order valence-electron chi connectivity index (χ2n) is 9.20. The molecule has 2 aromatic carbocycles. The van der Waals surface area contributed by atoms with Crippen molar-refractivity contribution in [2.45, 2.75) is 58.2 Å². The number of para-hydroxylation sites is 1. The van der Waals surface area contributed by atoms with Crippen molar-refractivity contribution in [3.05, 3.63) is 59.3 Å². The van der Waals surface area contributed by atoms with Crippen LogP contribution in [0.5, 0.6) is 11.5 Å². The Hall–Kier alpha value is -2.56. The summed E-state index contributed by atoms with van der Waals surface area (Å²) in [6, 6.07) is 11.8. The van der Waals surface area contributed by atoms with E-state index in [1.54, 1.807) is 6.07 Å². The van der Waals surface area contributed by atoms with Crippen molar-refractivity contribution in [2.75, 3.05) is 0 Å². The van der Waals surface area contributed by atoms with Gasteiger partial charge in [0.1, 0.15) is 0 Å². The van der Waals surface area contributed by atoms with Gasteiger partial charge in [0.25, 0.3) is 0 Å². The molecule has 1 aliphatic heterocycles. The SMILES string of the molecule is CC(C)(C)c1cc(CC(C)(C)c2c[nH]c3ccccc23)cc2c1OC(F)(F)O2. The average molecular weight is 385 g/mol. The molecule has 4 rings (SSSR count). The lowest BCUT2D eigenvalue weighted by atomic mass is 9.77. The lowest BCUT2D eigenvalue weighted by molar-refractivity contribution is -0.287. The smallest absolute Gasteiger partial charge is 0.395 e. The first-order valence-corrected chi connectivity index (χ1v) is 9.46. The topological polar surface area (TPSA) is 34.2 Å². The Labute approximate surface area is 163 Å². The second-order valence-corrected chi connectivity index (χ2v) is 9.20. The summed E-state index contributed by atoms with van der Waals surface area (Å²) >= 11 is 0. The minimum atomic E-state index is -3.62. The first kappa shape index (κ1) is 18.8. The van der Waals surface area contributed by atoms with Crippen molar-refractivity contribution in [1.29, 1.82) is 0 Å². The van der Waals surface area contributed by atoms with Crippen molar-refractivity contribution >= 4 is 10.9 Å². The molecule has 2 heterocycles. The van der Waals surface area contributed by atoms with Gasteiger partial charge in [-0.15, -0.1) is 8.78 Å². The minimum absolute atomic E-state index is 0.113. The maximum Gasteiger partial charge on any atom is 0.586 e. The number of aromatic nitrogens is 1. The molecule has 0 spiro atoms. The van der Waals surface area contributed by atoms with Crippen LogP contribution in [0.4, 0.5) is 8.78 Å². The minimum Gasteiger partial charge on any atom is -0.395 e. The number of benzene rings is 2. The Kier molecular flexibility index (Phi) is 4.00. The Morgan fingerprint density at radius 3 is 2.39 bits per heavy atom. The maximum atomic E-state index is 13.7. The van der Waals surface area contributed by atoms with Gasteiger partial charge in [-0.25, -0.2) is 0 Å². The summed E-state index contributed by atoms with van der Waals surface area (Å²) in [6.45, 7) is 10.3. The van der Waals surface area contributed by atoms with Crippen molar-refractivity contribution in [1.82, 2.24) is 4.98 Å². The molecule has 28 heavy (non-hydrogen) atoms. The number of ether oxygens (including phenoxy) is 2. The molecule has 148 valence electrons. The number of halogens is 2. The van der Waals surface area contributed by atoms with Gasteiger partial charge in [-0.2, -0.15) is 0 Å². The number of H-pyrrole nitrogens is 1. The highest BCUT2D eigenvalue weighted by molar-refractivity contribution is 5.84. The maximum absolute atomic E-state index is 13.7. The van der Waals surface area contributed by atoms with Crippen LogP contribution in [0, 0.1) is 0 Å². The predicted molar refractivity (Wildman–Crippen MR) is 106 cm³/mol. The number of hydrogen-bond donors (Lipinski definition) is 1. The zero-order valence-electron chi connectivity index (χ0n) is 16.8. The van der Waals surface area contributed by atoms with Crippen molar-refractivity contribution in [3.8, 4) is 11.5 Å².